The molecule has 33 heavy (non-hydrogen) atoms. The largest absolute Gasteiger partial charge is 0.483 e. The number of sulfonamides is 1. The van der Waals surface area contributed by atoms with Gasteiger partial charge in [0.15, 0.2) is 6.61 Å². The highest BCUT2D eigenvalue weighted by Crippen LogP contribution is 2.26. The number of nitrogens with zero attached hydrogens (tertiary/aromatic N) is 1. The maximum Gasteiger partial charge on any atom is 0.274 e. The first-order valence-corrected chi connectivity index (χ1v) is 11.5. The molecule has 0 aliphatic rings. The maximum absolute atomic E-state index is 12.6. The number of carbonyl (C=O) groups excluding carboxylic acids is 1. The molecule has 0 aliphatic carbocycles. The fourth-order valence-corrected chi connectivity index (χ4v) is 4.24. The predicted molar refractivity (Wildman–Crippen MR) is 125 cm³/mol. The lowest BCUT2D eigenvalue weighted by atomic mass is 10.1. The second-order valence-electron chi connectivity index (χ2n) is 7.08. The van der Waals surface area contributed by atoms with E-state index >= 15 is 0 Å². The maximum atomic E-state index is 12.6. The van der Waals surface area contributed by atoms with Gasteiger partial charge in [0.1, 0.15) is 5.75 Å². The Kier molecular flexibility index (Phi) is 7.19. The van der Waals surface area contributed by atoms with Gasteiger partial charge in [0.25, 0.3) is 21.6 Å². The molecule has 0 radical (unpaired) electrons. The van der Waals surface area contributed by atoms with Crippen molar-refractivity contribution >= 4 is 44.6 Å². The van der Waals surface area contributed by atoms with Gasteiger partial charge in [0, 0.05) is 16.8 Å². The van der Waals surface area contributed by atoms with Crippen LogP contribution < -0.4 is 14.8 Å². The molecule has 0 saturated heterocycles. The second-order valence-corrected chi connectivity index (χ2v) is 9.20. The molecule has 9 nitrogen and oxygen atoms in total. The number of nitro benzene ring substituents is 1. The van der Waals surface area contributed by atoms with Crippen molar-refractivity contribution in [2.45, 2.75) is 18.7 Å². The summed E-state index contributed by atoms with van der Waals surface area (Å²) in [5, 5.41) is 14.1. The second kappa shape index (κ2) is 9.88. The van der Waals surface area contributed by atoms with E-state index in [1.165, 1.54) is 37.3 Å². The number of hydrogen-bond donors (Lipinski definition) is 2. The molecule has 0 saturated carbocycles. The van der Waals surface area contributed by atoms with E-state index in [4.69, 9.17) is 16.3 Å². The normalized spacial score (nSPS) is 11.0. The van der Waals surface area contributed by atoms with Crippen molar-refractivity contribution in [1.29, 1.82) is 0 Å². The van der Waals surface area contributed by atoms with Crippen LogP contribution in [0.25, 0.3) is 0 Å². The first-order valence-electron chi connectivity index (χ1n) is 9.62. The van der Waals surface area contributed by atoms with Crippen LogP contribution in [0.4, 0.5) is 17.1 Å². The number of benzene rings is 3. The number of aryl methyl sites for hydroxylation is 1. The van der Waals surface area contributed by atoms with Crippen molar-refractivity contribution < 1.29 is 22.9 Å². The van der Waals surface area contributed by atoms with Gasteiger partial charge >= 0.3 is 0 Å². The van der Waals surface area contributed by atoms with Crippen LogP contribution >= 0.6 is 11.6 Å². The summed E-state index contributed by atoms with van der Waals surface area (Å²) in [7, 11) is -3.84. The summed E-state index contributed by atoms with van der Waals surface area (Å²) in [5.74, 6) is -0.189. The number of amides is 1. The lowest BCUT2D eigenvalue weighted by molar-refractivity contribution is -0.385. The van der Waals surface area contributed by atoms with E-state index in [2.05, 4.69) is 10.0 Å². The van der Waals surface area contributed by atoms with Crippen molar-refractivity contribution in [2.75, 3.05) is 16.6 Å². The molecular formula is C22H20ClN3O6S. The molecule has 0 atom stereocenters. The Morgan fingerprint density at radius 1 is 1.09 bits per heavy atom. The Bertz CT molecular complexity index is 1310. The van der Waals surface area contributed by atoms with Gasteiger partial charge in [-0.2, -0.15) is 0 Å². The minimum Gasteiger partial charge on any atom is -0.483 e. The third-order valence-electron chi connectivity index (χ3n) is 4.69. The smallest absolute Gasteiger partial charge is 0.274 e. The van der Waals surface area contributed by atoms with E-state index in [1.807, 2.05) is 0 Å². The fraction of sp³-hybridized carbons (Fsp3) is 0.136. The van der Waals surface area contributed by atoms with Crippen LogP contribution in [0.1, 0.15) is 11.1 Å². The van der Waals surface area contributed by atoms with Gasteiger partial charge in [0.2, 0.25) is 0 Å². The molecule has 2 N–H and O–H groups in total. The highest BCUT2D eigenvalue weighted by Gasteiger charge is 2.17. The van der Waals surface area contributed by atoms with Gasteiger partial charge in [-0.15, -0.1) is 0 Å². The Labute approximate surface area is 195 Å². The average molecular weight is 490 g/mol. The highest BCUT2D eigenvalue weighted by molar-refractivity contribution is 7.92. The van der Waals surface area contributed by atoms with Crippen molar-refractivity contribution in [2.24, 2.45) is 0 Å². The van der Waals surface area contributed by atoms with Crippen molar-refractivity contribution in [3.8, 4) is 5.75 Å². The van der Waals surface area contributed by atoms with Gasteiger partial charge in [0.05, 0.1) is 21.1 Å². The highest BCUT2D eigenvalue weighted by atomic mass is 35.5. The molecular weight excluding hydrogens is 470 g/mol. The molecule has 1 amide bonds. The molecule has 0 bridgehead atoms. The zero-order chi connectivity index (χ0) is 24.2. The number of nitrogens with one attached hydrogen (secondary N) is 2. The van der Waals surface area contributed by atoms with Crippen LogP contribution in [0.5, 0.6) is 5.75 Å². The van der Waals surface area contributed by atoms with Gasteiger partial charge in [-0.25, -0.2) is 8.42 Å². The van der Waals surface area contributed by atoms with E-state index in [9.17, 15) is 23.3 Å². The summed E-state index contributed by atoms with van der Waals surface area (Å²) in [5.41, 5.74) is 1.41. The Morgan fingerprint density at radius 2 is 1.79 bits per heavy atom. The molecule has 11 heteroatoms. The third kappa shape index (κ3) is 5.99. The van der Waals surface area contributed by atoms with E-state index in [0.717, 1.165) is 0 Å². The van der Waals surface area contributed by atoms with Crippen molar-refractivity contribution in [1.82, 2.24) is 0 Å². The number of ether oxygens (including phenoxy) is 1. The van der Waals surface area contributed by atoms with Crippen molar-refractivity contribution in [3.63, 3.8) is 0 Å². The quantitative estimate of drug-likeness (QED) is 0.349. The number of anilines is 2. The number of carbonyl (C=O) groups is 1. The summed E-state index contributed by atoms with van der Waals surface area (Å²) in [6, 6.07) is 14.9. The molecule has 3 aromatic rings. The molecule has 3 aromatic carbocycles. The van der Waals surface area contributed by atoms with Crippen LogP contribution in [0.15, 0.2) is 65.6 Å². The van der Waals surface area contributed by atoms with Crippen molar-refractivity contribution in [3.05, 3.63) is 86.9 Å². The first-order chi connectivity index (χ1) is 15.6. The summed E-state index contributed by atoms with van der Waals surface area (Å²) in [4.78, 5) is 22.8. The van der Waals surface area contributed by atoms with Crippen LogP contribution in [0.2, 0.25) is 5.02 Å². The van der Waals surface area contributed by atoms with Crippen LogP contribution in [-0.4, -0.2) is 25.9 Å². The van der Waals surface area contributed by atoms with E-state index in [0.29, 0.717) is 33.3 Å². The van der Waals surface area contributed by atoms with Crippen LogP contribution in [0, 0.1) is 24.0 Å². The minimum absolute atomic E-state index is 0.0268. The average Bonchev–Trinajstić information content (AvgIpc) is 2.75. The fourth-order valence-electron chi connectivity index (χ4n) is 2.97. The lowest BCUT2D eigenvalue weighted by Gasteiger charge is -2.13. The molecule has 0 spiro atoms. The van der Waals surface area contributed by atoms with Crippen LogP contribution in [-0.2, 0) is 14.8 Å². The summed E-state index contributed by atoms with van der Waals surface area (Å²) in [6.45, 7) is 2.83. The Hall–Kier alpha value is -3.63. The van der Waals surface area contributed by atoms with Gasteiger partial charge in [-0.3, -0.25) is 19.6 Å². The van der Waals surface area contributed by atoms with E-state index in [1.54, 1.807) is 37.3 Å². The van der Waals surface area contributed by atoms with Crippen LogP contribution in [0.3, 0.4) is 0 Å². The number of rotatable bonds is 8. The summed E-state index contributed by atoms with van der Waals surface area (Å²) >= 11 is 5.82. The molecule has 3 rings (SSSR count). The van der Waals surface area contributed by atoms with E-state index < -0.39 is 20.9 Å². The van der Waals surface area contributed by atoms with Gasteiger partial charge in [-0.1, -0.05) is 17.7 Å². The molecule has 172 valence electrons. The Morgan fingerprint density at radius 3 is 2.42 bits per heavy atom. The molecule has 0 aliphatic heterocycles. The number of nitro groups is 1. The zero-order valence-electron chi connectivity index (χ0n) is 17.7. The molecule has 0 heterocycles. The number of hydrogen-bond acceptors (Lipinski definition) is 6. The van der Waals surface area contributed by atoms with Gasteiger partial charge < -0.3 is 10.1 Å². The molecule has 0 fully saturated rings. The SMILES string of the molecule is Cc1cc(S(=O)(=O)Nc2ccc(Cl)cc2)ccc1OCC(=O)Nc1cccc([N+](=O)[O-])c1C. The molecule has 0 aromatic heterocycles. The zero-order valence-corrected chi connectivity index (χ0v) is 19.2. The van der Waals surface area contributed by atoms with Gasteiger partial charge in [-0.05, 0) is 67.9 Å². The topological polar surface area (TPSA) is 128 Å². The number of halogens is 1. The van der Waals surface area contributed by atoms with E-state index in [-0.39, 0.29) is 17.2 Å². The Balaban J connectivity index is 1.66. The summed E-state index contributed by atoms with van der Waals surface area (Å²) in [6.07, 6.45) is 0. The predicted octanol–water partition coefficient (Wildman–Crippen LogP) is 4.68. The molecule has 0 unspecified atom stereocenters. The summed E-state index contributed by atoms with van der Waals surface area (Å²) < 4.78 is 33.2. The first kappa shape index (κ1) is 24.0. The minimum atomic E-state index is -3.84. The lowest BCUT2D eigenvalue weighted by Crippen LogP contribution is -2.21. The third-order valence-corrected chi connectivity index (χ3v) is 6.32. The monoisotopic (exact) mass is 489 g/mol. The standard InChI is InChI=1S/C22H20ClN3O6S/c1-14-12-18(33(30,31)25-17-8-6-16(23)7-9-17)10-11-21(14)32-13-22(27)24-19-4-3-5-20(15(19)2)26(28)29/h3-12,25H,13H2,1-2H3,(H,24,27).